The highest BCUT2D eigenvalue weighted by Gasteiger charge is 2.41. The summed E-state index contributed by atoms with van der Waals surface area (Å²) in [6.45, 7) is 4.21. The molecule has 0 aliphatic carbocycles. The minimum Gasteiger partial charge on any atom is -0.331 e. The lowest BCUT2D eigenvalue weighted by molar-refractivity contribution is -0.381. The topological polar surface area (TPSA) is 53.7 Å². The van der Waals surface area contributed by atoms with Crippen molar-refractivity contribution in [2.75, 3.05) is 21.3 Å². The summed E-state index contributed by atoms with van der Waals surface area (Å²) >= 11 is 0. The summed E-state index contributed by atoms with van der Waals surface area (Å²) in [5, 5.41) is 0. The maximum atomic E-state index is 6.07. The Kier molecular flexibility index (Phi) is 10.5. The third-order valence-electron chi connectivity index (χ3n) is 3.81. The summed E-state index contributed by atoms with van der Waals surface area (Å²) < 4.78 is 16.3. The van der Waals surface area contributed by atoms with E-state index in [0.29, 0.717) is 0 Å². The third kappa shape index (κ3) is 6.21. The summed E-state index contributed by atoms with van der Waals surface area (Å²) in [7, 11) is 4.80. The standard InChI is InChI=1S/C15H33NO3/c1-6-7-8-9-10-11-12-14(13(2)16)15(17-3,18-4)19-5/h13-14H,6-12,16H2,1-5H3. The Balaban J connectivity index is 4.25. The van der Waals surface area contributed by atoms with Gasteiger partial charge >= 0.3 is 0 Å². The molecule has 0 saturated carbocycles. The summed E-state index contributed by atoms with van der Waals surface area (Å²) in [6.07, 6.45) is 8.55. The van der Waals surface area contributed by atoms with Gasteiger partial charge in [0.05, 0.1) is 5.92 Å². The Morgan fingerprint density at radius 2 is 1.37 bits per heavy atom. The number of nitrogens with two attached hydrogens (primary N) is 1. The van der Waals surface area contributed by atoms with Crippen molar-refractivity contribution in [1.82, 2.24) is 0 Å². The molecular formula is C15H33NO3. The molecule has 0 rings (SSSR count). The minimum absolute atomic E-state index is 0.0320. The zero-order valence-corrected chi connectivity index (χ0v) is 13.4. The predicted octanol–water partition coefficient (Wildman–Crippen LogP) is 3.29. The van der Waals surface area contributed by atoms with Gasteiger partial charge in [-0.3, -0.25) is 0 Å². The van der Waals surface area contributed by atoms with Crippen molar-refractivity contribution in [1.29, 1.82) is 0 Å². The molecule has 0 fully saturated rings. The highest BCUT2D eigenvalue weighted by molar-refractivity contribution is 4.78. The average Bonchev–Trinajstić information content (AvgIpc) is 2.42. The Hall–Kier alpha value is -0.160. The molecule has 0 radical (unpaired) electrons. The number of unbranched alkanes of at least 4 members (excludes halogenated alkanes) is 5. The van der Waals surface area contributed by atoms with Crippen molar-refractivity contribution < 1.29 is 14.2 Å². The monoisotopic (exact) mass is 275 g/mol. The molecule has 2 N–H and O–H groups in total. The maximum absolute atomic E-state index is 6.07. The molecule has 0 saturated heterocycles. The molecule has 0 bridgehead atoms. The molecule has 0 aromatic carbocycles. The second-order valence-corrected chi connectivity index (χ2v) is 5.24. The van der Waals surface area contributed by atoms with Crippen LogP contribution in [0.3, 0.4) is 0 Å². The molecule has 4 nitrogen and oxygen atoms in total. The van der Waals surface area contributed by atoms with E-state index in [9.17, 15) is 0 Å². The van der Waals surface area contributed by atoms with E-state index < -0.39 is 5.97 Å². The number of hydrogen-bond acceptors (Lipinski definition) is 4. The van der Waals surface area contributed by atoms with Crippen LogP contribution in [0.4, 0.5) is 0 Å². The van der Waals surface area contributed by atoms with E-state index >= 15 is 0 Å². The third-order valence-corrected chi connectivity index (χ3v) is 3.81. The average molecular weight is 275 g/mol. The lowest BCUT2D eigenvalue weighted by Crippen LogP contribution is -2.50. The fourth-order valence-corrected chi connectivity index (χ4v) is 2.61. The largest absolute Gasteiger partial charge is 0.331 e. The van der Waals surface area contributed by atoms with E-state index in [1.165, 1.54) is 32.1 Å². The molecular weight excluding hydrogens is 242 g/mol. The van der Waals surface area contributed by atoms with E-state index in [4.69, 9.17) is 19.9 Å². The summed E-state index contributed by atoms with van der Waals surface area (Å²) in [5.41, 5.74) is 6.07. The van der Waals surface area contributed by atoms with Gasteiger partial charge in [-0.1, -0.05) is 45.4 Å². The normalized spacial score (nSPS) is 15.5. The number of rotatable bonds is 12. The van der Waals surface area contributed by atoms with Crippen molar-refractivity contribution in [2.45, 2.75) is 70.8 Å². The van der Waals surface area contributed by atoms with Gasteiger partial charge < -0.3 is 19.9 Å². The fraction of sp³-hybridized carbons (Fsp3) is 1.00. The molecule has 19 heavy (non-hydrogen) atoms. The van der Waals surface area contributed by atoms with Gasteiger partial charge in [0.15, 0.2) is 0 Å². The Morgan fingerprint density at radius 1 is 0.895 bits per heavy atom. The van der Waals surface area contributed by atoms with Crippen molar-refractivity contribution in [3.8, 4) is 0 Å². The van der Waals surface area contributed by atoms with Crippen LogP contribution < -0.4 is 5.73 Å². The molecule has 116 valence electrons. The van der Waals surface area contributed by atoms with Gasteiger partial charge in [0.1, 0.15) is 0 Å². The first kappa shape index (κ1) is 18.8. The van der Waals surface area contributed by atoms with Crippen LogP contribution >= 0.6 is 0 Å². The van der Waals surface area contributed by atoms with Crippen LogP contribution in [0.25, 0.3) is 0 Å². The molecule has 4 heteroatoms. The van der Waals surface area contributed by atoms with Gasteiger partial charge in [0.2, 0.25) is 0 Å². The number of methoxy groups -OCH3 is 3. The lowest BCUT2D eigenvalue weighted by Gasteiger charge is -2.38. The smallest absolute Gasteiger partial charge is 0.286 e. The summed E-state index contributed by atoms with van der Waals surface area (Å²) in [6, 6.07) is -0.0320. The second-order valence-electron chi connectivity index (χ2n) is 5.24. The van der Waals surface area contributed by atoms with Gasteiger partial charge in [-0.05, 0) is 13.3 Å². The van der Waals surface area contributed by atoms with Gasteiger partial charge in [0, 0.05) is 27.4 Å². The lowest BCUT2D eigenvalue weighted by atomic mass is 9.91. The molecule has 0 spiro atoms. The Labute approximate surface area is 119 Å². The van der Waals surface area contributed by atoms with Gasteiger partial charge in [-0.15, -0.1) is 0 Å². The molecule has 0 aromatic rings. The molecule has 0 aromatic heterocycles. The highest BCUT2D eigenvalue weighted by atomic mass is 16.9. The van der Waals surface area contributed by atoms with Crippen LogP contribution in [-0.4, -0.2) is 33.3 Å². The molecule has 2 unspecified atom stereocenters. The van der Waals surface area contributed by atoms with Gasteiger partial charge in [-0.25, -0.2) is 0 Å². The van der Waals surface area contributed by atoms with Crippen LogP contribution in [0, 0.1) is 5.92 Å². The quantitative estimate of drug-likeness (QED) is 0.438. The summed E-state index contributed by atoms with van der Waals surface area (Å²) in [4.78, 5) is 0. The van der Waals surface area contributed by atoms with E-state index in [-0.39, 0.29) is 12.0 Å². The van der Waals surface area contributed by atoms with Crippen molar-refractivity contribution in [2.24, 2.45) is 11.7 Å². The van der Waals surface area contributed by atoms with E-state index in [1.807, 2.05) is 6.92 Å². The highest BCUT2D eigenvalue weighted by Crippen LogP contribution is 2.30. The Morgan fingerprint density at radius 3 is 1.79 bits per heavy atom. The molecule has 0 heterocycles. The molecule has 0 amide bonds. The van der Waals surface area contributed by atoms with Crippen LogP contribution in [0.5, 0.6) is 0 Å². The van der Waals surface area contributed by atoms with Crippen LogP contribution in [0.1, 0.15) is 58.8 Å². The first-order chi connectivity index (χ1) is 9.07. The number of ether oxygens (including phenoxy) is 3. The maximum Gasteiger partial charge on any atom is 0.286 e. The zero-order valence-electron chi connectivity index (χ0n) is 13.4. The van der Waals surface area contributed by atoms with E-state index in [2.05, 4.69) is 6.92 Å². The Bertz CT molecular complexity index is 197. The molecule has 2 atom stereocenters. The van der Waals surface area contributed by atoms with E-state index in [0.717, 1.165) is 12.8 Å². The van der Waals surface area contributed by atoms with Crippen LogP contribution in [0.2, 0.25) is 0 Å². The number of hydrogen-bond donors (Lipinski definition) is 1. The van der Waals surface area contributed by atoms with Crippen molar-refractivity contribution >= 4 is 0 Å². The molecule has 0 aliphatic rings. The summed E-state index contributed by atoms with van der Waals surface area (Å²) in [5.74, 6) is -0.976. The minimum atomic E-state index is -1.02. The van der Waals surface area contributed by atoms with Crippen LogP contribution in [-0.2, 0) is 14.2 Å². The second kappa shape index (κ2) is 10.6. The molecule has 0 aliphatic heterocycles. The fourth-order valence-electron chi connectivity index (χ4n) is 2.61. The van der Waals surface area contributed by atoms with Gasteiger partial charge in [-0.2, -0.15) is 0 Å². The van der Waals surface area contributed by atoms with Crippen LogP contribution in [0.15, 0.2) is 0 Å². The predicted molar refractivity (Wildman–Crippen MR) is 78.9 cm³/mol. The zero-order chi connectivity index (χ0) is 14.7. The van der Waals surface area contributed by atoms with Gasteiger partial charge in [0.25, 0.3) is 5.97 Å². The SMILES string of the molecule is CCCCCCCCC(C(C)N)C(OC)(OC)OC. The van der Waals surface area contributed by atoms with Crippen molar-refractivity contribution in [3.05, 3.63) is 0 Å². The first-order valence-electron chi connectivity index (χ1n) is 7.49. The van der Waals surface area contributed by atoms with Crippen molar-refractivity contribution in [3.63, 3.8) is 0 Å². The van der Waals surface area contributed by atoms with E-state index in [1.54, 1.807) is 21.3 Å². The first-order valence-corrected chi connectivity index (χ1v) is 7.49.